The lowest BCUT2D eigenvalue weighted by Gasteiger charge is -2.05. The molecule has 3 heteroatoms. The highest BCUT2D eigenvalue weighted by atomic mass is 32.1. The summed E-state index contributed by atoms with van der Waals surface area (Å²) < 4.78 is 1.89. The lowest BCUT2D eigenvalue weighted by atomic mass is 10.1. The molecule has 0 amide bonds. The summed E-state index contributed by atoms with van der Waals surface area (Å²) in [5.41, 5.74) is 7.71. The molecule has 1 aromatic heterocycles. The van der Waals surface area contributed by atoms with Crippen LogP contribution in [0.1, 0.15) is 5.56 Å². The van der Waals surface area contributed by atoms with Crippen LogP contribution in [0.15, 0.2) is 41.2 Å². The molecule has 0 aliphatic heterocycles. The van der Waals surface area contributed by atoms with E-state index in [1.165, 1.54) is 0 Å². The van der Waals surface area contributed by atoms with Gasteiger partial charge in [0, 0.05) is 21.2 Å². The number of nitrogens with two attached hydrogens (primary N) is 1. The number of benzene rings is 2. The fourth-order valence-corrected chi connectivity index (χ4v) is 3.26. The van der Waals surface area contributed by atoms with Crippen molar-refractivity contribution < 1.29 is 0 Å². The Labute approximate surface area is 102 Å². The molecule has 1 heterocycles. The van der Waals surface area contributed by atoms with Crippen LogP contribution < -0.4 is 11.2 Å². The minimum absolute atomic E-state index is 0.0825. The van der Waals surface area contributed by atoms with Gasteiger partial charge in [-0.2, -0.15) is 0 Å². The normalized spacial score (nSPS) is 11.1. The topological polar surface area (TPSA) is 43.1 Å². The Balaban J connectivity index is 2.69. The van der Waals surface area contributed by atoms with Crippen molar-refractivity contribution in [2.75, 3.05) is 5.73 Å². The lowest BCUT2D eigenvalue weighted by molar-refractivity contribution is 1.53. The van der Waals surface area contributed by atoms with Crippen LogP contribution in [0.5, 0.6) is 0 Å². The van der Waals surface area contributed by atoms with E-state index in [0.29, 0.717) is 5.69 Å². The number of hydrogen-bond acceptors (Lipinski definition) is 3. The molecule has 0 spiro atoms. The van der Waals surface area contributed by atoms with Gasteiger partial charge in [0.25, 0.3) is 0 Å². The summed E-state index contributed by atoms with van der Waals surface area (Å²) in [5, 5.41) is 1.53. The predicted molar refractivity (Wildman–Crippen MR) is 74.8 cm³/mol. The van der Waals surface area contributed by atoms with E-state index in [0.717, 1.165) is 25.7 Å². The highest BCUT2D eigenvalue weighted by molar-refractivity contribution is 7.25. The SMILES string of the molecule is Cc1ccc(N)c2sc3ccccc3c(=O)c12. The van der Waals surface area contributed by atoms with Crippen LogP contribution in [-0.4, -0.2) is 0 Å². The molecule has 0 aliphatic rings. The minimum atomic E-state index is 0.0825. The molecule has 3 rings (SSSR count). The third-order valence-electron chi connectivity index (χ3n) is 2.97. The molecule has 2 aromatic carbocycles. The van der Waals surface area contributed by atoms with Gasteiger partial charge in [-0.05, 0) is 30.7 Å². The molecule has 0 bridgehead atoms. The molecule has 0 unspecified atom stereocenters. The van der Waals surface area contributed by atoms with E-state index in [-0.39, 0.29) is 5.43 Å². The van der Waals surface area contributed by atoms with Crippen LogP contribution in [0.4, 0.5) is 5.69 Å². The van der Waals surface area contributed by atoms with Crippen molar-refractivity contribution in [2.24, 2.45) is 0 Å². The van der Waals surface area contributed by atoms with E-state index in [1.807, 2.05) is 43.3 Å². The minimum Gasteiger partial charge on any atom is -0.398 e. The average Bonchev–Trinajstić information content (AvgIpc) is 2.34. The standard InChI is InChI=1S/C14H11NOS/c1-8-6-7-10(15)14-12(8)13(16)9-4-2-3-5-11(9)17-14/h2-7H,15H2,1H3. The van der Waals surface area contributed by atoms with Crippen LogP contribution in [0.2, 0.25) is 0 Å². The second-order valence-electron chi connectivity index (χ2n) is 4.10. The number of aryl methyl sites for hydroxylation is 1. The Morgan fingerprint density at radius 2 is 1.88 bits per heavy atom. The summed E-state index contributed by atoms with van der Waals surface area (Å²) in [6.07, 6.45) is 0. The van der Waals surface area contributed by atoms with Gasteiger partial charge in [0.15, 0.2) is 5.43 Å². The average molecular weight is 241 g/mol. The Bertz CT molecular complexity index is 789. The number of hydrogen-bond donors (Lipinski definition) is 1. The maximum atomic E-state index is 12.4. The quantitative estimate of drug-likeness (QED) is 0.484. The maximum Gasteiger partial charge on any atom is 0.196 e. The summed E-state index contributed by atoms with van der Waals surface area (Å²) in [7, 11) is 0. The molecule has 2 nitrogen and oxygen atoms in total. The fourth-order valence-electron chi connectivity index (χ4n) is 2.08. The monoisotopic (exact) mass is 241 g/mol. The van der Waals surface area contributed by atoms with E-state index in [9.17, 15) is 4.79 Å². The first-order valence-electron chi connectivity index (χ1n) is 5.39. The van der Waals surface area contributed by atoms with Gasteiger partial charge in [0.2, 0.25) is 0 Å². The number of rotatable bonds is 0. The van der Waals surface area contributed by atoms with Crippen LogP contribution in [-0.2, 0) is 0 Å². The summed E-state index contributed by atoms with van der Waals surface area (Å²) in [5.74, 6) is 0. The van der Waals surface area contributed by atoms with Crippen LogP contribution in [0.25, 0.3) is 20.2 Å². The van der Waals surface area contributed by atoms with Gasteiger partial charge in [-0.3, -0.25) is 4.79 Å². The van der Waals surface area contributed by atoms with E-state index in [4.69, 9.17) is 5.73 Å². The van der Waals surface area contributed by atoms with Crippen molar-refractivity contribution in [2.45, 2.75) is 6.92 Å². The highest BCUT2D eigenvalue weighted by Crippen LogP contribution is 2.30. The van der Waals surface area contributed by atoms with Crippen LogP contribution >= 0.6 is 11.3 Å². The van der Waals surface area contributed by atoms with E-state index < -0.39 is 0 Å². The van der Waals surface area contributed by atoms with E-state index in [2.05, 4.69) is 0 Å². The largest absolute Gasteiger partial charge is 0.398 e. The summed E-state index contributed by atoms with van der Waals surface area (Å²) in [6, 6.07) is 11.4. The molecular weight excluding hydrogens is 230 g/mol. The van der Waals surface area contributed by atoms with Crippen molar-refractivity contribution in [3.8, 4) is 0 Å². The molecule has 0 saturated carbocycles. The van der Waals surface area contributed by atoms with E-state index >= 15 is 0 Å². The van der Waals surface area contributed by atoms with Crippen molar-refractivity contribution in [3.05, 3.63) is 52.2 Å². The molecule has 0 radical (unpaired) electrons. The van der Waals surface area contributed by atoms with Gasteiger partial charge in [0.1, 0.15) is 0 Å². The van der Waals surface area contributed by atoms with Gasteiger partial charge in [0.05, 0.1) is 4.70 Å². The Kier molecular flexibility index (Phi) is 2.16. The Morgan fingerprint density at radius 1 is 1.12 bits per heavy atom. The van der Waals surface area contributed by atoms with Crippen molar-refractivity contribution in [1.82, 2.24) is 0 Å². The molecule has 0 aliphatic carbocycles. The highest BCUT2D eigenvalue weighted by Gasteiger charge is 2.09. The van der Waals surface area contributed by atoms with Crippen molar-refractivity contribution >= 4 is 37.2 Å². The molecule has 0 fully saturated rings. The summed E-state index contributed by atoms with van der Waals surface area (Å²) in [6.45, 7) is 1.95. The molecule has 0 atom stereocenters. The first-order valence-corrected chi connectivity index (χ1v) is 6.21. The van der Waals surface area contributed by atoms with E-state index in [1.54, 1.807) is 11.3 Å². The molecule has 0 saturated heterocycles. The molecule has 84 valence electrons. The zero-order chi connectivity index (χ0) is 12.0. The Morgan fingerprint density at radius 3 is 2.71 bits per heavy atom. The molecule has 2 N–H and O–H groups in total. The van der Waals surface area contributed by atoms with Gasteiger partial charge >= 0.3 is 0 Å². The smallest absolute Gasteiger partial charge is 0.196 e. The predicted octanol–water partition coefficient (Wildman–Crippen LogP) is 3.31. The third-order valence-corrected chi connectivity index (χ3v) is 4.19. The third kappa shape index (κ3) is 1.43. The second-order valence-corrected chi connectivity index (χ2v) is 5.16. The first kappa shape index (κ1) is 10.3. The van der Waals surface area contributed by atoms with Gasteiger partial charge in [-0.25, -0.2) is 0 Å². The van der Waals surface area contributed by atoms with Crippen LogP contribution in [0, 0.1) is 6.92 Å². The van der Waals surface area contributed by atoms with Crippen molar-refractivity contribution in [1.29, 1.82) is 0 Å². The molecule has 3 aromatic rings. The second kappa shape index (κ2) is 3.57. The number of anilines is 1. The molecule has 17 heavy (non-hydrogen) atoms. The fraction of sp³-hybridized carbons (Fsp3) is 0.0714. The lowest BCUT2D eigenvalue weighted by Crippen LogP contribution is -2.03. The number of fused-ring (bicyclic) bond motifs is 2. The maximum absolute atomic E-state index is 12.4. The Hall–Kier alpha value is -1.87. The van der Waals surface area contributed by atoms with Gasteiger partial charge in [-0.1, -0.05) is 18.2 Å². The van der Waals surface area contributed by atoms with Gasteiger partial charge < -0.3 is 5.73 Å². The zero-order valence-corrected chi connectivity index (χ0v) is 10.2. The molecular formula is C14H11NOS. The van der Waals surface area contributed by atoms with Gasteiger partial charge in [-0.15, -0.1) is 11.3 Å². The van der Waals surface area contributed by atoms with Crippen molar-refractivity contribution in [3.63, 3.8) is 0 Å². The summed E-state index contributed by atoms with van der Waals surface area (Å²) >= 11 is 1.58. The first-order chi connectivity index (χ1) is 8.18. The zero-order valence-electron chi connectivity index (χ0n) is 9.36. The van der Waals surface area contributed by atoms with Crippen LogP contribution in [0.3, 0.4) is 0 Å². The summed E-state index contributed by atoms with van der Waals surface area (Å²) in [4.78, 5) is 12.4. The number of nitrogen functional groups attached to an aromatic ring is 1.